The first-order valence-electron chi connectivity index (χ1n) is 8.42. The quantitative estimate of drug-likeness (QED) is 0.848. The minimum atomic E-state index is -0.0336. The zero-order chi connectivity index (χ0) is 17.7. The van der Waals surface area contributed by atoms with Gasteiger partial charge in [-0.3, -0.25) is 19.4 Å². The molecule has 0 unspecified atom stereocenters. The lowest BCUT2D eigenvalue weighted by Gasteiger charge is -2.26. The van der Waals surface area contributed by atoms with Crippen molar-refractivity contribution in [2.45, 2.75) is 46.7 Å². The lowest BCUT2D eigenvalue weighted by molar-refractivity contribution is -0.117. The molecule has 0 aliphatic heterocycles. The molecule has 1 N–H and O–H groups in total. The maximum absolute atomic E-state index is 12.5. The van der Waals surface area contributed by atoms with Gasteiger partial charge in [-0.25, -0.2) is 0 Å². The number of likely N-dealkylation sites (N-methyl/N-ethyl adjacent to an activating group) is 1. The fourth-order valence-electron chi connectivity index (χ4n) is 3.02. The van der Waals surface area contributed by atoms with Crippen LogP contribution in [0, 0.1) is 13.8 Å². The summed E-state index contributed by atoms with van der Waals surface area (Å²) in [6, 6.07) is 6.00. The van der Waals surface area contributed by atoms with Crippen molar-refractivity contribution in [3.63, 3.8) is 0 Å². The maximum atomic E-state index is 12.5. The van der Waals surface area contributed by atoms with E-state index in [1.807, 2.05) is 55.6 Å². The number of anilines is 1. The Balaban J connectivity index is 2.05. The molecule has 24 heavy (non-hydrogen) atoms. The Kier molecular flexibility index (Phi) is 6.09. The number of nitrogens with one attached hydrogen (secondary N) is 1. The predicted molar refractivity (Wildman–Crippen MR) is 95.9 cm³/mol. The van der Waals surface area contributed by atoms with Gasteiger partial charge in [0.25, 0.3) is 0 Å². The largest absolute Gasteiger partial charge is 0.322 e. The van der Waals surface area contributed by atoms with Gasteiger partial charge >= 0.3 is 0 Å². The highest BCUT2D eigenvalue weighted by atomic mass is 16.2. The number of hydrogen-bond acceptors (Lipinski definition) is 4. The molecule has 0 saturated heterocycles. The first kappa shape index (κ1) is 18.1. The van der Waals surface area contributed by atoms with Gasteiger partial charge < -0.3 is 5.32 Å². The third-order valence-corrected chi connectivity index (χ3v) is 4.29. The standard InChI is InChI=1S/C18H27N5O/c1-6-16(15-10-8-9-11-19-15)22(5)12-17(24)20-18-13(3)21-23(7-2)14(18)4/h8-11,16H,6-7,12H2,1-5H3,(H,20,24)/t16-/m1/s1. The number of carbonyl (C=O) groups excluding carboxylic acids is 1. The van der Waals surface area contributed by atoms with E-state index in [4.69, 9.17) is 0 Å². The number of hydrogen-bond donors (Lipinski definition) is 1. The van der Waals surface area contributed by atoms with Crippen LogP contribution in [-0.4, -0.2) is 39.2 Å². The van der Waals surface area contributed by atoms with E-state index in [1.165, 1.54) is 0 Å². The molecule has 0 aliphatic carbocycles. The van der Waals surface area contributed by atoms with Gasteiger partial charge in [-0.1, -0.05) is 13.0 Å². The average molecular weight is 329 g/mol. The summed E-state index contributed by atoms with van der Waals surface area (Å²) >= 11 is 0. The Bertz CT molecular complexity index is 680. The van der Waals surface area contributed by atoms with E-state index in [-0.39, 0.29) is 11.9 Å². The van der Waals surface area contributed by atoms with Crippen molar-refractivity contribution >= 4 is 11.6 Å². The van der Waals surface area contributed by atoms with Crippen molar-refractivity contribution in [2.75, 3.05) is 18.9 Å². The zero-order valence-electron chi connectivity index (χ0n) is 15.2. The molecule has 1 atom stereocenters. The van der Waals surface area contributed by atoms with E-state index >= 15 is 0 Å². The number of aromatic nitrogens is 3. The third-order valence-electron chi connectivity index (χ3n) is 4.29. The van der Waals surface area contributed by atoms with E-state index in [1.54, 1.807) is 6.20 Å². The normalized spacial score (nSPS) is 12.4. The molecule has 6 heteroatoms. The van der Waals surface area contributed by atoms with Crippen LogP contribution in [-0.2, 0) is 11.3 Å². The lowest BCUT2D eigenvalue weighted by Crippen LogP contribution is -2.33. The summed E-state index contributed by atoms with van der Waals surface area (Å²) in [5.74, 6) is -0.0336. The van der Waals surface area contributed by atoms with E-state index in [0.717, 1.165) is 35.7 Å². The number of rotatable bonds is 7. The first-order valence-corrected chi connectivity index (χ1v) is 8.42. The molecule has 6 nitrogen and oxygen atoms in total. The van der Waals surface area contributed by atoms with Crippen LogP contribution in [0.5, 0.6) is 0 Å². The number of pyridine rings is 1. The smallest absolute Gasteiger partial charge is 0.238 e. The molecule has 2 heterocycles. The summed E-state index contributed by atoms with van der Waals surface area (Å²) in [5, 5.41) is 7.45. The van der Waals surface area contributed by atoms with Crippen molar-refractivity contribution in [3.8, 4) is 0 Å². The molecule has 130 valence electrons. The van der Waals surface area contributed by atoms with E-state index in [0.29, 0.717) is 6.54 Å². The van der Waals surface area contributed by atoms with E-state index < -0.39 is 0 Å². The van der Waals surface area contributed by atoms with Crippen LogP contribution >= 0.6 is 0 Å². The summed E-state index contributed by atoms with van der Waals surface area (Å²) in [7, 11) is 1.96. The summed E-state index contributed by atoms with van der Waals surface area (Å²) < 4.78 is 1.90. The molecule has 0 saturated carbocycles. The molecule has 2 aromatic rings. The van der Waals surface area contributed by atoms with Gasteiger partial charge in [0.05, 0.1) is 35.4 Å². The van der Waals surface area contributed by atoms with Crippen LogP contribution in [0.2, 0.25) is 0 Å². The van der Waals surface area contributed by atoms with Gasteiger partial charge in [-0.15, -0.1) is 0 Å². The second-order valence-electron chi connectivity index (χ2n) is 6.00. The Morgan fingerprint density at radius 3 is 2.62 bits per heavy atom. The van der Waals surface area contributed by atoms with E-state index in [2.05, 4.69) is 22.3 Å². The zero-order valence-corrected chi connectivity index (χ0v) is 15.2. The van der Waals surface area contributed by atoms with Crippen molar-refractivity contribution in [1.29, 1.82) is 0 Å². The summed E-state index contributed by atoms with van der Waals surface area (Å²) in [4.78, 5) is 18.9. The minimum Gasteiger partial charge on any atom is -0.322 e. The van der Waals surface area contributed by atoms with Crippen molar-refractivity contribution in [2.24, 2.45) is 0 Å². The third kappa shape index (κ3) is 4.00. The van der Waals surface area contributed by atoms with Crippen LogP contribution < -0.4 is 5.32 Å². The van der Waals surface area contributed by atoms with Gasteiger partial charge in [0.15, 0.2) is 0 Å². The average Bonchev–Trinajstić information content (AvgIpc) is 2.84. The Labute approximate surface area is 143 Å². The number of aryl methyl sites for hydroxylation is 2. The molecule has 0 aliphatic rings. The monoisotopic (exact) mass is 329 g/mol. The van der Waals surface area contributed by atoms with Crippen molar-refractivity contribution in [3.05, 3.63) is 41.5 Å². The number of amides is 1. The second kappa shape index (κ2) is 8.06. The van der Waals surface area contributed by atoms with Gasteiger partial charge in [-0.2, -0.15) is 5.10 Å². The molecular formula is C18H27N5O. The van der Waals surface area contributed by atoms with Gasteiger partial charge in [0.1, 0.15) is 0 Å². The summed E-state index contributed by atoms with van der Waals surface area (Å²) in [6.45, 7) is 9.14. The number of nitrogens with zero attached hydrogens (tertiary/aromatic N) is 4. The van der Waals surface area contributed by atoms with Crippen molar-refractivity contribution in [1.82, 2.24) is 19.7 Å². The Morgan fingerprint density at radius 2 is 2.08 bits per heavy atom. The Morgan fingerprint density at radius 1 is 1.33 bits per heavy atom. The lowest BCUT2D eigenvalue weighted by atomic mass is 10.1. The fourth-order valence-corrected chi connectivity index (χ4v) is 3.02. The molecule has 0 aromatic carbocycles. The molecular weight excluding hydrogens is 302 g/mol. The highest BCUT2D eigenvalue weighted by molar-refractivity contribution is 5.93. The van der Waals surface area contributed by atoms with Crippen LogP contribution in [0.4, 0.5) is 5.69 Å². The molecule has 0 radical (unpaired) electrons. The number of carbonyl (C=O) groups is 1. The Hall–Kier alpha value is -2.21. The SMILES string of the molecule is CC[C@H](c1ccccn1)N(C)CC(=O)Nc1c(C)nn(CC)c1C. The molecule has 1 amide bonds. The van der Waals surface area contributed by atoms with Crippen LogP contribution in [0.1, 0.15) is 43.4 Å². The van der Waals surface area contributed by atoms with Crippen LogP contribution in [0.15, 0.2) is 24.4 Å². The molecule has 0 bridgehead atoms. The highest BCUT2D eigenvalue weighted by Gasteiger charge is 2.20. The topological polar surface area (TPSA) is 63.1 Å². The minimum absolute atomic E-state index is 0.0336. The molecule has 2 rings (SSSR count). The molecule has 0 fully saturated rings. The molecule has 0 spiro atoms. The second-order valence-corrected chi connectivity index (χ2v) is 6.00. The van der Waals surface area contributed by atoms with Crippen LogP contribution in [0.3, 0.4) is 0 Å². The van der Waals surface area contributed by atoms with Gasteiger partial charge in [0, 0.05) is 12.7 Å². The van der Waals surface area contributed by atoms with Crippen LogP contribution in [0.25, 0.3) is 0 Å². The first-order chi connectivity index (χ1) is 11.5. The van der Waals surface area contributed by atoms with Gasteiger partial charge in [-0.05, 0) is 46.4 Å². The molecule has 2 aromatic heterocycles. The fraction of sp³-hybridized carbons (Fsp3) is 0.500. The highest BCUT2D eigenvalue weighted by Crippen LogP contribution is 2.22. The van der Waals surface area contributed by atoms with Gasteiger partial charge in [0.2, 0.25) is 5.91 Å². The van der Waals surface area contributed by atoms with Crippen molar-refractivity contribution < 1.29 is 4.79 Å². The summed E-state index contributed by atoms with van der Waals surface area (Å²) in [5.41, 5.74) is 3.65. The maximum Gasteiger partial charge on any atom is 0.238 e. The van der Waals surface area contributed by atoms with E-state index in [9.17, 15) is 4.79 Å². The summed E-state index contributed by atoms with van der Waals surface area (Å²) in [6.07, 6.45) is 2.68. The predicted octanol–water partition coefficient (Wildman–Crippen LogP) is 2.94.